The van der Waals surface area contributed by atoms with Crippen LogP contribution in [0, 0.1) is 5.92 Å². The van der Waals surface area contributed by atoms with Crippen molar-refractivity contribution in [2.75, 3.05) is 7.11 Å². The molecule has 0 spiro atoms. The lowest BCUT2D eigenvalue weighted by Gasteiger charge is -2.27. The Morgan fingerprint density at radius 1 is 1.17 bits per heavy atom. The van der Waals surface area contributed by atoms with E-state index >= 15 is 0 Å². The van der Waals surface area contributed by atoms with Crippen molar-refractivity contribution >= 4 is 0 Å². The fourth-order valence-electron chi connectivity index (χ4n) is 2.47. The second kappa shape index (κ2) is 6.10. The van der Waals surface area contributed by atoms with Crippen molar-refractivity contribution in [2.45, 2.75) is 45.3 Å². The van der Waals surface area contributed by atoms with Crippen LogP contribution in [-0.2, 0) is 6.54 Å². The molecule has 18 heavy (non-hydrogen) atoms. The smallest absolute Gasteiger partial charge is 0.161 e. The first-order valence-corrected chi connectivity index (χ1v) is 6.76. The van der Waals surface area contributed by atoms with Gasteiger partial charge in [0.05, 0.1) is 13.2 Å². The minimum Gasteiger partial charge on any atom is -0.493 e. The largest absolute Gasteiger partial charge is 0.493 e. The van der Waals surface area contributed by atoms with Crippen molar-refractivity contribution in [1.82, 2.24) is 0 Å². The standard InChI is InChI=1S/C15H23NO2/c1-11-3-6-13(7-4-11)18-15-9-12(10-16)5-8-14(15)17-2/h5,8-9,11,13H,3-4,6-7,10,16H2,1-2H3. The van der Waals surface area contributed by atoms with Gasteiger partial charge in [-0.3, -0.25) is 0 Å². The van der Waals surface area contributed by atoms with E-state index in [4.69, 9.17) is 15.2 Å². The number of hydrogen-bond donors (Lipinski definition) is 1. The molecule has 0 radical (unpaired) electrons. The van der Waals surface area contributed by atoms with E-state index in [1.807, 2.05) is 18.2 Å². The molecule has 0 amide bonds. The van der Waals surface area contributed by atoms with Gasteiger partial charge in [-0.25, -0.2) is 0 Å². The van der Waals surface area contributed by atoms with Gasteiger partial charge in [-0.2, -0.15) is 0 Å². The van der Waals surface area contributed by atoms with Gasteiger partial charge in [-0.1, -0.05) is 13.0 Å². The molecule has 3 nitrogen and oxygen atoms in total. The predicted molar refractivity (Wildman–Crippen MR) is 72.9 cm³/mol. The minimum absolute atomic E-state index is 0.322. The first-order valence-electron chi connectivity index (χ1n) is 6.76. The van der Waals surface area contributed by atoms with E-state index in [0.29, 0.717) is 12.6 Å². The Morgan fingerprint density at radius 3 is 2.50 bits per heavy atom. The number of ether oxygens (including phenoxy) is 2. The molecule has 1 aliphatic carbocycles. The monoisotopic (exact) mass is 249 g/mol. The highest BCUT2D eigenvalue weighted by atomic mass is 16.5. The second-order valence-electron chi connectivity index (χ2n) is 5.19. The highest BCUT2D eigenvalue weighted by Crippen LogP contribution is 2.33. The highest BCUT2D eigenvalue weighted by molar-refractivity contribution is 5.43. The van der Waals surface area contributed by atoms with Crippen molar-refractivity contribution < 1.29 is 9.47 Å². The van der Waals surface area contributed by atoms with Gasteiger partial charge >= 0.3 is 0 Å². The third kappa shape index (κ3) is 3.16. The molecule has 100 valence electrons. The van der Waals surface area contributed by atoms with Crippen LogP contribution in [0.3, 0.4) is 0 Å². The van der Waals surface area contributed by atoms with Gasteiger partial charge in [0.2, 0.25) is 0 Å². The van der Waals surface area contributed by atoms with Crippen LogP contribution in [0.2, 0.25) is 0 Å². The Hall–Kier alpha value is -1.22. The van der Waals surface area contributed by atoms with E-state index in [-0.39, 0.29) is 0 Å². The molecular weight excluding hydrogens is 226 g/mol. The predicted octanol–water partition coefficient (Wildman–Crippen LogP) is 3.11. The maximum Gasteiger partial charge on any atom is 0.161 e. The Labute approximate surface area is 109 Å². The van der Waals surface area contributed by atoms with Gasteiger partial charge in [0.1, 0.15) is 0 Å². The quantitative estimate of drug-likeness (QED) is 0.891. The fraction of sp³-hybridized carbons (Fsp3) is 0.600. The lowest BCUT2D eigenvalue weighted by molar-refractivity contribution is 0.131. The molecule has 0 heterocycles. The number of methoxy groups -OCH3 is 1. The molecule has 0 saturated heterocycles. The summed E-state index contributed by atoms with van der Waals surface area (Å²) < 4.78 is 11.4. The Balaban J connectivity index is 2.07. The van der Waals surface area contributed by atoms with Crippen molar-refractivity contribution in [3.8, 4) is 11.5 Å². The Kier molecular flexibility index (Phi) is 4.48. The molecule has 0 bridgehead atoms. The van der Waals surface area contributed by atoms with Crippen LogP contribution in [0.25, 0.3) is 0 Å². The van der Waals surface area contributed by atoms with E-state index in [0.717, 1.165) is 35.8 Å². The van der Waals surface area contributed by atoms with Crippen molar-refractivity contribution in [2.24, 2.45) is 11.7 Å². The lowest BCUT2D eigenvalue weighted by atomic mass is 9.89. The fourth-order valence-corrected chi connectivity index (χ4v) is 2.47. The summed E-state index contributed by atoms with van der Waals surface area (Å²) in [5.74, 6) is 2.47. The zero-order chi connectivity index (χ0) is 13.0. The summed E-state index contributed by atoms with van der Waals surface area (Å²) in [5.41, 5.74) is 6.74. The first-order chi connectivity index (χ1) is 8.72. The van der Waals surface area contributed by atoms with Gasteiger partial charge in [0.25, 0.3) is 0 Å². The van der Waals surface area contributed by atoms with Crippen molar-refractivity contribution in [3.63, 3.8) is 0 Å². The minimum atomic E-state index is 0.322. The topological polar surface area (TPSA) is 44.5 Å². The van der Waals surface area contributed by atoms with Crippen LogP contribution in [0.5, 0.6) is 11.5 Å². The normalized spacial score (nSPS) is 23.7. The first kappa shape index (κ1) is 13.2. The van der Waals surface area contributed by atoms with Gasteiger partial charge in [0.15, 0.2) is 11.5 Å². The molecule has 1 aromatic rings. The summed E-state index contributed by atoms with van der Waals surface area (Å²) in [7, 11) is 1.67. The van der Waals surface area contributed by atoms with Crippen LogP contribution in [0.4, 0.5) is 0 Å². The number of nitrogens with two attached hydrogens (primary N) is 1. The van der Waals surface area contributed by atoms with Crippen LogP contribution < -0.4 is 15.2 Å². The average molecular weight is 249 g/mol. The molecule has 3 heteroatoms. The summed E-state index contributed by atoms with van der Waals surface area (Å²) >= 11 is 0. The van der Waals surface area contributed by atoms with Crippen molar-refractivity contribution in [1.29, 1.82) is 0 Å². The molecule has 0 aliphatic heterocycles. The average Bonchev–Trinajstić information content (AvgIpc) is 2.41. The molecule has 2 N–H and O–H groups in total. The third-order valence-electron chi connectivity index (χ3n) is 3.72. The maximum absolute atomic E-state index is 6.09. The molecule has 1 fully saturated rings. The summed E-state index contributed by atoms with van der Waals surface area (Å²) in [4.78, 5) is 0. The van der Waals surface area contributed by atoms with Crippen LogP contribution in [-0.4, -0.2) is 13.2 Å². The SMILES string of the molecule is COc1ccc(CN)cc1OC1CCC(C)CC1. The maximum atomic E-state index is 6.09. The van der Waals surface area contributed by atoms with E-state index < -0.39 is 0 Å². The van der Waals surface area contributed by atoms with Crippen LogP contribution >= 0.6 is 0 Å². The number of hydrogen-bond acceptors (Lipinski definition) is 3. The Morgan fingerprint density at radius 2 is 1.89 bits per heavy atom. The molecule has 0 atom stereocenters. The molecular formula is C15H23NO2. The van der Waals surface area contributed by atoms with E-state index in [9.17, 15) is 0 Å². The summed E-state index contributed by atoms with van der Waals surface area (Å²) in [6.07, 6.45) is 5.10. The third-order valence-corrected chi connectivity index (χ3v) is 3.72. The van der Waals surface area contributed by atoms with Gasteiger partial charge < -0.3 is 15.2 Å². The van der Waals surface area contributed by atoms with E-state index in [1.165, 1.54) is 12.8 Å². The van der Waals surface area contributed by atoms with Crippen LogP contribution in [0.15, 0.2) is 18.2 Å². The summed E-state index contributed by atoms with van der Waals surface area (Å²) in [6.45, 7) is 2.84. The number of benzene rings is 1. The van der Waals surface area contributed by atoms with Crippen LogP contribution in [0.1, 0.15) is 38.2 Å². The number of rotatable bonds is 4. The highest BCUT2D eigenvalue weighted by Gasteiger charge is 2.20. The molecule has 1 aromatic carbocycles. The van der Waals surface area contributed by atoms with Gasteiger partial charge in [-0.15, -0.1) is 0 Å². The zero-order valence-corrected chi connectivity index (χ0v) is 11.3. The molecule has 0 unspecified atom stereocenters. The summed E-state index contributed by atoms with van der Waals surface area (Å²) in [5, 5.41) is 0. The molecule has 1 saturated carbocycles. The molecule has 2 rings (SSSR count). The lowest BCUT2D eigenvalue weighted by Crippen LogP contribution is -2.23. The van der Waals surface area contributed by atoms with Crippen molar-refractivity contribution in [3.05, 3.63) is 23.8 Å². The van der Waals surface area contributed by atoms with E-state index in [1.54, 1.807) is 7.11 Å². The Bertz CT molecular complexity index is 384. The second-order valence-corrected chi connectivity index (χ2v) is 5.19. The molecule has 0 aromatic heterocycles. The van der Waals surface area contributed by atoms with Gasteiger partial charge in [-0.05, 0) is 49.3 Å². The van der Waals surface area contributed by atoms with E-state index in [2.05, 4.69) is 6.92 Å². The summed E-state index contributed by atoms with van der Waals surface area (Å²) in [6, 6.07) is 5.91. The molecule has 1 aliphatic rings. The van der Waals surface area contributed by atoms with Gasteiger partial charge in [0, 0.05) is 6.54 Å². The zero-order valence-electron chi connectivity index (χ0n) is 11.3.